The molecule has 0 aromatic carbocycles. The zero-order chi connectivity index (χ0) is 17.1. The van der Waals surface area contributed by atoms with Gasteiger partial charge in [0, 0.05) is 0 Å². The lowest BCUT2D eigenvalue weighted by molar-refractivity contribution is 0.293. The number of aromatic nitrogens is 1. The molecule has 0 N–H and O–H groups in total. The fourth-order valence-electron chi connectivity index (χ4n) is 3.11. The zero-order valence-corrected chi connectivity index (χ0v) is 14.9. The third-order valence-corrected chi connectivity index (χ3v) is 4.10. The summed E-state index contributed by atoms with van der Waals surface area (Å²) in [6, 6.07) is 0. The molecule has 1 aliphatic carbocycles. The molecule has 0 amide bonds. The van der Waals surface area contributed by atoms with Crippen molar-refractivity contribution in [2.24, 2.45) is 5.92 Å². The van der Waals surface area contributed by atoms with E-state index in [-0.39, 0.29) is 5.92 Å². The molecule has 0 spiro atoms. The number of hydrogen-bond acceptors (Lipinski definition) is 2. The first-order valence-corrected chi connectivity index (χ1v) is 8.62. The van der Waals surface area contributed by atoms with Crippen molar-refractivity contribution in [3.63, 3.8) is 0 Å². The Morgan fingerprint density at radius 3 is 2.39 bits per heavy atom. The van der Waals surface area contributed by atoms with E-state index < -0.39 is 0 Å². The number of hydrogen-bond donors (Lipinski definition) is 0. The standard InChI is InChI=1S/C18H25NO.C3H6/c1-4-6-10-15(5-2)17(16-11-8-7-9-12-16)18-19-13-14(3)20-18;1-3-2/h4-6,10,13,16-17H,2,7-9,11-12H2,1,3H3;3H,1H2,2H3/b6-4-,15-10+;. The second-order valence-electron chi connectivity index (χ2n) is 5.99. The Bertz CT molecular complexity index is 530. The Kier molecular flexibility index (Phi) is 9.04. The van der Waals surface area contributed by atoms with Crippen LogP contribution in [0.25, 0.3) is 0 Å². The van der Waals surface area contributed by atoms with Crippen LogP contribution in [0.15, 0.2) is 59.7 Å². The van der Waals surface area contributed by atoms with Crippen LogP contribution in [0.2, 0.25) is 0 Å². The van der Waals surface area contributed by atoms with Crippen molar-refractivity contribution in [2.75, 3.05) is 0 Å². The molecule has 2 nitrogen and oxygen atoms in total. The minimum absolute atomic E-state index is 0.248. The summed E-state index contributed by atoms with van der Waals surface area (Å²) in [7, 11) is 0. The summed E-state index contributed by atoms with van der Waals surface area (Å²) in [5.41, 5.74) is 1.22. The minimum atomic E-state index is 0.248. The number of oxazole rings is 1. The van der Waals surface area contributed by atoms with Crippen LogP contribution in [0, 0.1) is 12.8 Å². The minimum Gasteiger partial charge on any atom is -0.445 e. The average molecular weight is 313 g/mol. The lowest BCUT2D eigenvalue weighted by Gasteiger charge is -2.29. The first-order chi connectivity index (χ1) is 11.2. The topological polar surface area (TPSA) is 26.0 Å². The summed E-state index contributed by atoms with van der Waals surface area (Å²) >= 11 is 0. The molecule has 23 heavy (non-hydrogen) atoms. The fraction of sp³-hybridized carbons (Fsp3) is 0.476. The largest absolute Gasteiger partial charge is 0.445 e. The van der Waals surface area contributed by atoms with Crippen LogP contribution in [0.4, 0.5) is 0 Å². The van der Waals surface area contributed by atoms with Gasteiger partial charge in [0.25, 0.3) is 0 Å². The van der Waals surface area contributed by atoms with Gasteiger partial charge in [-0.3, -0.25) is 0 Å². The van der Waals surface area contributed by atoms with E-state index in [9.17, 15) is 0 Å². The van der Waals surface area contributed by atoms with Crippen molar-refractivity contribution in [2.45, 2.75) is 58.8 Å². The van der Waals surface area contributed by atoms with Gasteiger partial charge in [0.15, 0.2) is 0 Å². The van der Waals surface area contributed by atoms with Crippen molar-refractivity contribution in [3.8, 4) is 0 Å². The summed E-state index contributed by atoms with van der Waals surface area (Å²) in [6.07, 6.45) is 18.3. The third kappa shape index (κ3) is 6.05. The van der Waals surface area contributed by atoms with Crippen LogP contribution in [0.3, 0.4) is 0 Å². The summed E-state index contributed by atoms with van der Waals surface area (Å²) < 4.78 is 5.84. The zero-order valence-electron chi connectivity index (χ0n) is 14.9. The predicted octanol–water partition coefficient (Wildman–Crippen LogP) is 6.53. The maximum Gasteiger partial charge on any atom is 0.202 e. The van der Waals surface area contributed by atoms with E-state index in [1.54, 1.807) is 6.08 Å². The lowest BCUT2D eigenvalue weighted by atomic mass is 9.76. The quantitative estimate of drug-likeness (QED) is 0.456. The highest BCUT2D eigenvalue weighted by molar-refractivity contribution is 5.31. The predicted molar refractivity (Wildman–Crippen MR) is 99.5 cm³/mol. The monoisotopic (exact) mass is 313 g/mol. The van der Waals surface area contributed by atoms with Gasteiger partial charge in [0.2, 0.25) is 5.89 Å². The molecule has 1 aliphatic rings. The number of rotatable bonds is 5. The van der Waals surface area contributed by atoms with Crippen molar-refractivity contribution < 1.29 is 4.42 Å². The molecule has 1 aromatic heterocycles. The van der Waals surface area contributed by atoms with Gasteiger partial charge in [-0.2, -0.15) is 0 Å². The Morgan fingerprint density at radius 1 is 1.26 bits per heavy atom. The molecule has 0 saturated heterocycles. The normalized spacial score (nSPS) is 17.4. The average Bonchev–Trinajstić information content (AvgIpc) is 2.99. The third-order valence-electron chi connectivity index (χ3n) is 4.10. The molecule has 126 valence electrons. The molecule has 2 heteroatoms. The van der Waals surface area contributed by atoms with E-state index in [4.69, 9.17) is 4.42 Å². The highest BCUT2D eigenvalue weighted by Crippen LogP contribution is 2.40. The number of aryl methyl sites for hydroxylation is 1. The molecule has 2 rings (SSSR count). The fourth-order valence-corrected chi connectivity index (χ4v) is 3.11. The van der Waals surface area contributed by atoms with E-state index in [1.807, 2.05) is 39.1 Å². The van der Waals surface area contributed by atoms with Gasteiger partial charge in [0.05, 0.1) is 12.1 Å². The van der Waals surface area contributed by atoms with Crippen molar-refractivity contribution >= 4 is 0 Å². The Balaban J connectivity index is 0.000000816. The van der Waals surface area contributed by atoms with Gasteiger partial charge >= 0.3 is 0 Å². The van der Waals surface area contributed by atoms with Gasteiger partial charge < -0.3 is 4.42 Å². The maximum absolute atomic E-state index is 5.84. The Morgan fingerprint density at radius 2 is 1.91 bits per heavy atom. The Hall–Kier alpha value is -1.83. The molecule has 1 atom stereocenters. The van der Waals surface area contributed by atoms with E-state index >= 15 is 0 Å². The van der Waals surface area contributed by atoms with Crippen LogP contribution < -0.4 is 0 Å². The summed E-state index contributed by atoms with van der Waals surface area (Å²) in [6.45, 7) is 13.2. The number of nitrogens with zero attached hydrogens (tertiary/aromatic N) is 1. The lowest BCUT2D eigenvalue weighted by Crippen LogP contribution is -2.18. The molecule has 1 saturated carbocycles. The highest BCUT2D eigenvalue weighted by Gasteiger charge is 2.30. The SMILES string of the molecule is C=C/C(=C\C=C/C)C(c1ncc(C)o1)C1CCCCC1.C=CC. The maximum atomic E-state index is 5.84. The highest BCUT2D eigenvalue weighted by atomic mass is 16.4. The molecular formula is C21H31NO. The van der Waals surface area contributed by atoms with Crippen molar-refractivity contribution in [1.82, 2.24) is 4.98 Å². The molecule has 1 unspecified atom stereocenters. The second-order valence-corrected chi connectivity index (χ2v) is 5.99. The van der Waals surface area contributed by atoms with E-state index in [1.165, 1.54) is 37.7 Å². The van der Waals surface area contributed by atoms with E-state index in [2.05, 4.69) is 30.3 Å². The molecule has 1 fully saturated rings. The van der Waals surface area contributed by atoms with E-state index in [0.29, 0.717) is 5.92 Å². The molecular weight excluding hydrogens is 282 g/mol. The first kappa shape index (κ1) is 19.2. The summed E-state index contributed by atoms with van der Waals surface area (Å²) in [5, 5.41) is 0. The van der Waals surface area contributed by atoms with Crippen LogP contribution in [-0.4, -0.2) is 4.98 Å². The molecule has 1 heterocycles. The summed E-state index contributed by atoms with van der Waals surface area (Å²) in [4.78, 5) is 4.49. The number of allylic oxidation sites excluding steroid dienone is 6. The van der Waals surface area contributed by atoms with Crippen LogP contribution in [0.5, 0.6) is 0 Å². The Labute approximate surface area is 141 Å². The first-order valence-electron chi connectivity index (χ1n) is 8.62. The van der Waals surface area contributed by atoms with Gasteiger partial charge in [0.1, 0.15) is 5.76 Å². The van der Waals surface area contributed by atoms with Crippen molar-refractivity contribution in [1.29, 1.82) is 0 Å². The van der Waals surface area contributed by atoms with Crippen molar-refractivity contribution in [3.05, 3.63) is 67.0 Å². The van der Waals surface area contributed by atoms with Crippen LogP contribution in [0.1, 0.15) is 63.5 Å². The van der Waals surface area contributed by atoms with Gasteiger partial charge in [-0.15, -0.1) is 6.58 Å². The van der Waals surface area contributed by atoms with Gasteiger partial charge in [-0.25, -0.2) is 4.98 Å². The second kappa shape index (κ2) is 10.8. The van der Waals surface area contributed by atoms with Crippen LogP contribution >= 0.6 is 0 Å². The molecule has 0 radical (unpaired) electrons. The molecule has 1 aromatic rings. The molecule has 0 aliphatic heterocycles. The molecule has 0 bridgehead atoms. The van der Waals surface area contributed by atoms with Gasteiger partial charge in [-0.1, -0.05) is 56.2 Å². The summed E-state index contributed by atoms with van der Waals surface area (Å²) in [5.74, 6) is 2.61. The van der Waals surface area contributed by atoms with E-state index in [0.717, 1.165) is 11.7 Å². The van der Waals surface area contributed by atoms with Gasteiger partial charge in [-0.05, 0) is 45.1 Å². The smallest absolute Gasteiger partial charge is 0.202 e. The van der Waals surface area contributed by atoms with Crippen LogP contribution in [-0.2, 0) is 0 Å².